The molecule has 0 radical (unpaired) electrons. The third-order valence-corrected chi connectivity index (χ3v) is 3.22. The summed E-state index contributed by atoms with van der Waals surface area (Å²) in [6, 6.07) is 8.86. The predicted molar refractivity (Wildman–Crippen MR) is 60.7 cm³/mol. The summed E-state index contributed by atoms with van der Waals surface area (Å²) in [6.45, 7) is 0. The van der Waals surface area contributed by atoms with Gasteiger partial charge in [0.15, 0.2) is 0 Å². The summed E-state index contributed by atoms with van der Waals surface area (Å²) >= 11 is 0. The van der Waals surface area contributed by atoms with Crippen LogP contribution in [0.3, 0.4) is 0 Å². The summed E-state index contributed by atoms with van der Waals surface area (Å²) in [5.41, 5.74) is 5.54. The zero-order valence-electron chi connectivity index (χ0n) is 8.90. The van der Waals surface area contributed by atoms with E-state index in [0.717, 1.165) is 0 Å². The average molecular weight is 198 g/mol. The van der Waals surface area contributed by atoms with Crippen LogP contribution in [0.2, 0.25) is 0 Å². The Morgan fingerprint density at radius 2 is 2.00 bits per heavy atom. The number of fused-ring (bicyclic) bond motifs is 1. The molecule has 76 valence electrons. The van der Waals surface area contributed by atoms with Crippen LogP contribution in [0.5, 0.6) is 0 Å². The third kappa shape index (κ3) is 1.37. The predicted octanol–water partition coefficient (Wildman–Crippen LogP) is 2.58. The first kappa shape index (κ1) is 8.72. The summed E-state index contributed by atoms with van der Waals surface area (Å²) in [5.74, 6) is 0. The summed E-state index contributed by atoms with van der Waals surface area (Å²) in [6.07, 6.45) is 5.65. The summed E-state index contributed by atoms with van der Waals surface area (Å²) in [5, 5.41) is 4.20. The molecule has 0 amide bonds. The molecule has 2 nitrogen and oxygen atoms in total. The van der Waals surface area contributed by atoms with Crippen LogP contribution in [0.15, 0.2) is 30.5 Å². The minimum absolute atomic E-state index is 1.20. The maximum absolute atomic E-state index is 4.20. The van der Waals surface area contributed by atoms with Crippen LogP contribution >= 0.6 is 0 Å². The van der Waals surface area contributed by atoms with Crippen molar-refractivity contribution in [2.45, 2.75) is 19.3 Å². The van der Waals surface area contributed by atoms with Gasteiger partial charge in [-0.3, -0.25) is 4.68 Å². The van der Waals surface area contributed by atoms with Gasteiger partial charge in [-0.25, -0.2) is 0 Å². The Bertz CT molecular complexity index is 497. The Hall–Kier alpha value is -1.57. The van der Waals surface area contributed by atoms with E-state index in [-0.39, 0.29) is 0 Å². The molecule has 15 heavy (non-hydrogen) atoms. The first-order chi connectivity index (χ1) is 7.34. The largest absolute Gasteiger partial charge is 0.268 e. The molecule has 0 aliphatic heterocycles. The molecule has 2 aromatic rings. The quantitative estimate of drug-likeness (QED) is 0.688. The lowest BCUT2D eigenvalue weighted by Gasteiger charge is -2.05. The molecule has 0 unspecified atom stereocenters. The molecule has 3 rings (SSSR count). The molecule has 1 heterocycles. The molecule has 0 bridgehead atoms. The number of benzene rings is 1. The Balaban J connectivity index is 2.11. The van der Waals surface area contributed by atoms with Crippen LogP contribution < -0.4 is 0 Å². The molecule has 1 aromatic carbocycles. The first-order valence-electron chi connectivity index (χ1n) is 5.45. The minimum atomic E-state index is 1.20. The SMILES string of the molecule is Cn1nccc1-c1ccc2c(c1)CCC2. The zero-order chi connectivity index (χ0) is 10.3. The second-order valence-corrected chi connectivity index (χ2v) is 4.18. The van der Waals surface area contributed by atoms with Crippen molar-refractivity contribution in [3.63, 3.8) is 0 Å². The fraction of sp³-hybridized carbons (Fsp3) is 0.308. The van der Waals surface area contributed by atoms with Gasteiger partial charge in [-0.2, -0.15) is 5.10 Å². The zero-order valence-corrected chi connectivity index (χ0v) is 8.90. The molecule has 0 spiro atoms. The van der Waals surface area contributed by atoms with Gasteiger partial charge in [-0.1, -0.05) is 12.1 Å². The van der Waals surface area contributed by atoms with Gasteiger partial charge in [-0.05, 0) is 42.5 Å². The maximum Gasteiger partial charge on any atom is 0.0678 e. The number of aromatic nitrogens is 2. The van der Waals surface area contributed by atoms with Crippen LogP contribution in [0, 0.1) is 0 Å². The van der Waals surface area contributed by atoms with Gasteiger partial charge in [0.2, 0.25) is 0 Å². The number of hydrogen-bond donors (Lipinski definition) is 0. The van der Waals surface area contributed by atoms with Gasteiger partial charge in [0.1, 0.15) is 0 Å². The Morgan fingerprint density at radius 3 is 2.80 bits per heavy atom. The van der Waals surface area contributed by atoms with Gasteiger partial charge in [0, 0.05) is 18.8 Å². The van der Waals surface area contributed by atoms with Crippen molar-refractivity contribution in [3.05, 3.63) is 41.6 Å². The van der Waals surface area contributed by atoms with E-state index >= 15 is 0 Å². The van der Waals surface area contributed by atoms with E-state index in [1.165, 1.54) is 41.6 Å². The highest BCUT2D eigenvalue weighted by atomic mass is 15.2. The van der Waals surface area contributed by atoms with E-state index in [2.05, 4.69) is 29.4 Å². The van der Waals surface area contributed by atoms with Crippen molar-refractivity contribution < 1.29 is 0 Å². The van der Waals surface area contributed by atoms with Crippen LogP contribution in [-0.2, 0) is 19.9 Å². The highest BCUT2D eigenvalue weighted by molar-refractivity contribution is 5.61. The van der Waals surface area contributed by atoms with E-state index < -0.39 is 0 Å². The van der Waals surface area contributed by atoms with Crippen LogP contribution in [0.25, 0.3) is 11.3 Å². The molecule has 0 saturated carbocycles. The number of nitrogens with zero attached hydrogens (tertiary/aromatic N) is 2. The Morgan fingerprint density at radius 1 is 1.13 bits per heavy atom. The van der Waals surface area contributed by atoms with E-state index in [0.29, 0.717) is 0 Å². The van der Waals surface area contributed by atoms with Gasteiger partial charge < -0.3 is 0 Å². The molecule has 2 heteroatoms. The molecule has 0 saturated heterocycles. The van der Waals surface area contributed by atoms with Gasteiger partial charge >= 0.3 is 0 Å². The van der Waals surface area contributed by atoms with Crippen molar-refractivity contribution in [3.8, 4) is 11.3 Å². The average Bonchev–Trinajstić information content (AvgIpc) is 2.84. The fourth-order valence-electron chi connectivity index (χ4n) is 2.39. The van der Waals surface area contributed by atoms with E-state index in [1.54, 1.807) is 0 Å². The van der Waals surface area contributed by atoms with Crippen LogP contribution in [0.4, 0.5) is 0 Å². The number of aryl methyl sites for hydroxylation is 3. The van der Waals surface area contributed by atoms with Gasteiger partial charge in [0.25, 0.3) is 0 Å². The molecular formula is C13H14N2. The monoisotopic (exact) mass is 198 g/mol. The van der Waals surface area contributed by atoms with Crippen molar-refractivity contribution in [1.29, 1.82) is 0 Å². The second kappa shape index (κ2) is 3.23. The van der Waals surface area contributed by atoms with E-state index in [4.69, 9.17) is 0 Å². The fourth-order valence-corrected chi connectivity index (χ4v) is 2.39. The van der Waals surface area contributed by atoms with E-state index in [1.807, 2.05) is 17.9 Å². The molecule has 0 N–H and O–H groups in total. The molecule has 0 fully saturated rings. The minimum Gasteiger partial charge on any atom is -0.268 e. The van der Waals surface area contributed by atoms with Crippen LogP contribution in [-0.4, -0.2) is 9.78 Å². The normalized spacial score (nSPS) is 14.2. The maximum atomic E-state index is 4.20. The topological polar surface area (TPSA) is 17.8 Å². The molecular weight excluding hydrogens is 184 g/mol. The lowest BCUT2D eigenvalue weighted by Crippen LogP contribution is -1.94. The Kier molecular flexibility index (Phi) is 1.88. The molecule has 0 atom stereocenters. The molecule has 1 aromatic heterocycles. The van der Waals surface area contributed by atoms with E-state index in [9.17, 15) is 0 Å². The number of hydrogen-bond acceptors (Lipinski definition) is 1. The third-order valence-electron chi connectivity index (χ3n) is 3.22. The van der Waals surface area contributed by atoms with Crippen LogP contribution in [0.1, 0.15) is 17.5 Å². The number of rotatable bonds is 1. The second-order valence-electron chi connectivity index (χ2n) is 4.18. The van der Waals surface area contributed by atoms with Crippen molar-refractivity contribution >= 4 is 0 Å². The van der Waals surface area contributed by atoms with Crippen molar-refractivity contribution in [2.24, 2.45) is 7.05 Å². The molecule has 1 aliphatic rings. The summed E-state index contributed by atoms with van der Waals surface area (Å²) in [7, 11) is 1.99. The van der Waals surface area contributed by atoms with Gasteiger partial charge in [-0.15, -0.1) is 0 Å². The molecule has 1 aliphatic carbocycles. The van der Waals surface area contributed by atoms with Gasteiger partial charge in [0.05, 0.1) is 5.69 Å². The first-order valence-corrected chi connectivity index (χ1v) is 5.45. The standard InChI is InChI=1S/C13H14N2/c1-15-13(7-8-14-15)12-6-5-10-3-2-4-11(10)9-12/h5-9H,2-4H2,1H3. The summed E-state index contributed by atoms with van der Waals surface area (Å²) < 4.78 is 1.93. The smallest absolute Gasteiger partial charge is 0.0678 e. The summed E-state index contributed by atoms with van der Waals surface area (Å²) in [4.78, 5) is 0. The highest BCUT2D eigenvalue weighted by Crippen LogP contribution is 2.27. The van der Waals surface area contributed by atoms with Crippen molar-refractivity contribution in [1.82, 2.24) is 9.78 Å². The Labute approximate surface area is 89.5 Å². The van der Waals surface area contributed by atoms with Crippen molar-refractivity contribution in [2.75, 3.05) is 0 Å². The highest BCUT2D eigenvalue weighted by Gasteiger charge is 2.12. The lowest BCUT2D eigenvalue weighted by molar-refractivity contribution is 0.776. The lowest BCUT2D eigenvalue weighted by atomic mass is 10.0.